The molecule has 0 atom stereocenters. The van der Waals surface area contributed by atoms with E-state index in [2.05, 4.69) is 27.7 Å². The second-order valence-electron chi connectivity index (χ2n) is 10.4. The van der Waals surface area contributed by atoms with Gasteiger partial charge >= 0.3 is 0 Å². The summed E-state index contributed by atoms with van der Waals surface area (Å²) in [6, 6.07) is 6.34. The van der Waals surface area contributed by atoms with Crippen LogP contribution in [0.25, 0.3) is 0 Å². The largest absolute Gasteiger partial charge is 0.508 e. The van der Waals surface area contributed by atoms with Gasteiger partial charge in [0.1, 0.15) is 11.5 Å². The Balaban J connectivity index is 2.68. The van der Waals surface area contributed by atoms with Crippen molar-refractivity contribution >= 4 is 9.84 Å². The molecule has 0 aliphatic heterocycles. The topological polar surface area (TPSA) is 74.6 Å². The summed E-state index contributed by atoms with van der Waals surface area (Å²) in [7, 11) is -3.84. The van der Waals surface area contributed by atoms with E-state index in [1.54, 1.807) is 24.3 Å². The molecule has 2 N–H and O–H groups in total. The first kappa shape index (κ1) is 31.2. The first-order valence-electron chi connectivity index (χ1n) is 14.8. The third-order valence-corrected chi connectivity index (χ3v) is 9.35. The van der Waals surface area contributed by atoms with Crippen molar-refractivity contribution in [3.63, 3.8) is 0 Å². The molecule has 2 aromatic rings. The fraction of sp³-hybridized carbons (Fsp3) is 0.625. The van der Waals surface area contributed by atoms with Crippen molar-refractivity contribution < 1.29 is 18.6 Å². The molecule has 0 saturated carbocycles. The molecule has 2 rings (SSSR count). The van der Waals surface area contributed by atoms with Crippen molar-refractivity contribution in [3.8, 4) is 11.5 Å². The fourth-order valence-electron chi connectivity index (χ4n) is 5.25. The zero-order valence-corrected chi connectivity index (χ0v) is 24.6. The van der Waals surface area contributed by atoms with Gasteiger partial charge in [0.15, 0.2) is 0 Å². The minimum atomic E-state index is -3.84. The van der Waals surface area contributed by atoms with E-state index in [1.807, 2.05) is 0 Å². The minimum absolute atomic E-state index is 0.204. The highest BCUT2D eigenvalue weighted by Crippen LogP contribution is 2.38. The van der Waals surface area contributed by atoms with Crippen LogP contribution in [0.5, 0.6) is 11.5 Å². The normalized spacial score (nSPS) is 11.8. The maximum Gasteiger partial charge on any atom is 0.207 e. The van der Waals surface area contributed by atoms with Gasteiger partial charge in [0, 0.05) is 0 Å². The van der Waals surface area contributed by atoms with Gasteiger partial charge in [-0.15, -0.1) is 0 Å². The molecule has 0 heterocycles. The third kappa shape index (κ3) is 8.49. The first-order valence-corrected chi connectivity index (χ1v) is 16.2. The summed E-state index contributed by atoms with van der Waals surface area (Å²) in [5, 5.41) is 21.6. The monoisotopic (exact) mass is 530 g/mol. The summed E-state index contributed by atoms with van der Waals surface area (Å²) in [5.41, 5.74) is 3.15. The van der Waals surface area contributed by atoms with E-state index in [0.717, 1.165) is 99.3 Å². The molecule has 0 aromatic heterocycles. The Bertz CT molecular complexity index is 993. The fourth-order valence-corrected chi connectivity index (χ4v) is 7.08. The van der Waals surface area contributed by atoms with Crippen LogP contribution in [0.4, 0.5) is 0 Å². The number of sulfone groups is 1. The third-order valence-electron chi connectivity index (χ3n) is 7.43. The van der Waals surface area contributed by atoms with E-state index in [4.69, 9.17) is 0 Å². The molecule has 0 aliphatic carbocycles. The van der Waals surface area contributed by atoms with E-state index in [-0.39, 0.29) is 11.5 Å². The van der Waals surface area contributed by atoms with Crippen LogP contribution in [-0.4, -0.2) is 18.6 Å². The molecule has 5 heteroatoms. The van der Waals surface area contributed by atoms with Gasteiger partial charge in [-0.05, 0) is 97.9 Å². The lowest BCUT2D eigenvalue weighted by atomic mass is 9.96. The van der Waals surface area contributed by atoms with Crippen LogP contribution in [0.1, 0.15) is 127 Å². The van der Waals surface area contributed by atoms with Crippen LogP contribution in [0, 0.1) is 0 Å². The summed E-state index contributed by atoms with van der Waals surface area (Å²) >= 11 is 0. The molecule has 0 amide bonds. The van der Waals surface area contributed by atoms with Gasteiger partial charge in [0.05, 0.1) is 9.79 Å². The summed E-state index contributed by atoms with van der Waals surface area (Å²) in [6.07, 6.45) is 14.7. The maximum atomic E-state index is 14.4. The number of hydrogen-bond donors (Lipinski definition) is 2. The molecule has 0 aliphatic rings. The Morgan fingerprint density at radius 3 is 1.08 bits per heavy atom. The number of unbranched alkanes of at least 4 members (excludes halogenated alkanes) is 8. The van der Waals surface area contributed by atoms with E-state index >= 15 is 0 Å². The van der Waals surface area contributed by atoms with Gasteiger partial charge in [0.25, 0.3) is 0 Å². The van der Waals surface area contributed by atoms with Gasteiger partial charge in [-0.2, -0.15) is 0 Å². The van der Waals surface area contributed by atoms with E-state index < -0.39 is 9.84 Å². The number of benzene rings is 2. The summed E-state index contributed by atoms with van der Waals surface area (Å²) in [6.45, 7) is 8.57. The lowest BCUT2D eigenvalue weighted by molar-refractivity contribution is 0.463. The molecule has 4 nitrogen and oxygen atoms in total. The molecular formula is C32H50O4S. The summed E-state index contributed by atoms with van der Waals surface area (Å²) < 4.78 is 28.7. The lowest BCUT2D eigenvalue weighted by Crippen LogP contribution is -2.13. The lowest BCUT2D eigenvalue weighted by Gasteiger charge is -2.20. The zero-order valence-electron chi connectivity index (χ0n) is 23.7. The standard InChI is InChI=1S/C32H50O4S/c1-5-9-13-17-25-27(19-15-11-7-3)31(23-21-29(25)33)37(35,36)32-24-22-30(34)26(18-14-10-6-2)28(32)20-16-12-8-4/h21-24,33-34H,5-20H2,1-4H3. The summed E-state index contributed by atoms with van der Waals surface area (Å²) in [5.74, 6) is 0.409. The smallest absolute Gasteiger partial charge is 0.207 e. The first-order chi connectivity index (χ1) is 17.8. The predicted molar refractivity (Wildman–Crippen MR) is 155 cm³/mol. The Hall–Kier alpha value is -2.01. The van der Waals surface area contributed by atoms with Crippen LogP contribution in [0.3, 0.4) is 0 Å². The van der Waals surface area contributed by atoms with Crippen LogP contribution >= 0.6 is 0 Å². The Kier molecular flexibility index (Phi) is 13.5. The molecule has 0 radical (unpaired) electrons. The van der Waals surface area contributed by atoms with Crippen molar-refractivity contribution in [1.82, 2.24) is 0 Å². The predicted octanol–water partition coefficient (Wildman–Crippen LogP) is 8.86. The maximum absolute atomic E-state index is 14.4. The van der Waals surface area contributed by atoms with Crippen LogP contribution < -0.4 is 0 Å². The van der Waals surface area contributed by atoms with Gasteiger partial charge in [-0.25, -0.2) is 8.42 Å². The van der Waals surface area contributed by atoms with E-state index in [9.17, 15) is 18.6 Å². The second kappa shape index (κ2) is 16.1. The second-order valence-corrected chi connectivity index (χ2v) is 12.3. The van der Waals surface area contributed by atoms with Crippen molar-refractivity contribution in [3.05, 3.63) is 46.5 Å². The van der Waals surface area contributed by atoms with Crippen molar-refractivity contribution in [2.24, 2.45) is 0 Å². The van der Waals surface area contributed by atoms with E-state index in [0.29, 0.717) is 35.5 Å². The Morgan fingerprint density at radius 1 is 0.486 bits per heavy atom. The van der Waals surface area contributed by atoms with Crippen LogP contribution in [-0.2, 0) is 35.5 Å². The molecule has 0 bridgehead atoms. The van der Waals surface area contributed by atoms with Crippen molar-refractivity contribution in [1.29, 1.82) is 0 Å². The number of rotatable bonds is 18. The SMILES string of the molecule is CCCCCc1c(O)ccc(S(=O)(=O)c2ccc(O)c(CCCCC)c2CCCCC)c1CCCCC. The number of aromatic hydroxyl groups is 2. The van der Waals surface area contributed by atoms with Crippen LogP contribution in [0.15, 0.2) is 34.1 Å². The average molecular weight is 531 g/mol. The van der Waals surface area contributed by atoms with Crippen molar-refractivity contribution in [2.75, 3.05) is 0 Å². The number of hydrogen-bond acceptors (Lipinski definition) is 4. The van der Waals surface area contributed by atoms with Gasteiger partial charge in [-0.3, -0.25) is 0 Å². The highest BCUT2D eigenvalue weighted by molar-refractivity contribution is 7.91. The molecule has 0 fully saturated rings. The highest BCUT2D eigenvalue weighted by Gasteiger charge is 2.28. The van der Waals surface area contributed by atoms with Gasteiger partial charge in [-0.1, -0.05) is 79.1 Å². The molecule has 2 aromatic carbocycles. The average Bonchev–Trinajstić information content (AvgIpc) is 2.87. The molecule has 0 unspecified atom stereocenters. The minimum Gasteiger partial charge on any atom is -0.508 e. The van der Waals surface area contributed by atoms with Gasteiger partial charge in [0.2, 0.25) is 9.84 Å². The number of phenolic OH excluding ortho intramolecular Hbond substituents is 2. The summed E-state index contributed by atoms with van der Waals surface area (Å²) in [4.78, 5) is 0.657. The Labute approximate surface area is 226 Å². The highest BCUT2D eigenvalue weighted by atomic mass is 32.2. The zero-order chi connectivity index (χ0) is 27.3. The van der Waals surface area contributed by atoms with Gasteiger partial charge < -0.3 is 10.2 Å². The van der Waals surface area contributed by atoms with Crippen molar-refractivity contribution in [2.45, 2.75) is 140 Å². The van der Waals surface area contributed by atoms with Crippen LogP contribution in [0.2, 0.25) is 0 Å². The quantitative estimate of drug-likeness (QED) is 0.189. The molecular weight excluding hydrogens is 480 g/mol. The Morgan fingerprint density at radius 2 is 0.784 bits per heavy atom. The number of phenols is 2. The molecule has 37 heavy (non-hydrogen) atoms. The molecule has 0 spiro atoms. The molecule has 0 saturated heterocycles. The van der Waals surface area contributed by atoms with E-state index in [1.165, 1.54) is 0 Å². The molecule has 208 valence electrons.